The molecule has 6 nitrogen and oxygen atoms in total. The van der Waals surface area contributed by atoms with Crippen LogP contribution in [0, 0.1) is 6.92 Å². The molecule has 6 heteroatoms. The highest BCUT2D eigenvalue weighted by atomic mass is 16.4. The standard InChI is InChI=1S/C7H6O2.C6H6N2O2/c8-7(9)6-4-2-1-3-5-6;1-4-2-8-5(3-7-4)6(9)10/h1-5H,(H,8,9);2-3H,1H3,(H,9,10). The lowest BCUT2D eigenvalue weighted by molar-refractivity contribution is 0.0682. The molecule has 1 aromatic heterocycles. The minimum atomic E-state index is -1.05. The van der Waals surface area contributed by atoms with E-state index in [1.165, 1.54) is 12.4 Å². The summed E-state index contributed by atoms with van der Waals surface area (Å²) < 4.78 is 0. The molecular formula is C13H12N2O4. The summed E-state index contributed by atoms with van der Waals surface area (Å²) in [6, 6.07) is 8.30. The van der Waals surface area contributed by atoms with Gasteiger partial charge >= 0.3 is 11.9 Å². The zero-order valence-electron chi connectivity index (χ0n) is 10.1. The van der Waals surface area contributed by atoms with Crippen molar-refractivity contribution in [2.45, 2.75) is 6.92 Å². The van der Waals surface area contributed by atoms with Crippen LogP contribution in [0.15, 0.2) is 42.7 Å². The molecule has 19 heavy (non-hydrogen) atoms. The average Bonchev–Trinajstić information content (AvgIpc) is 2.41. The lowest BCUT2D eigenvalue weighted by atomic mass is 10.2. The van der Waals surface area contributed by atoms with Crippen LogP contribution in [-0.4, -0.2) is 32.1 Å². The van der Waals surface area contributed by atoms with Crippen molar-refractivity contribution < 1.29 is 19.8 Å². The molecule has 0 unspecified atom stereocenters. The lowest BCUT2D eigenvalue weighted by Crippen LogP contribution is -2.00. The number of nitrogens with zero attached hydrogens (tertiary/aromatic N) is 2. The lowest BCUT2D eigenvalue weighted by Gasteiger charge is -1.91. The molecule has 2 rings (SSSR count). The van der Waals surface area contributed by atoms with Gasteiger partial charge in [-0.1, -0.05) is 18.2 Å². The highest BCUT2D eigenvalue weighted by molar-refractivity contribution is 5.87. The van der Waals surface area contributed by atoms with E-state index in [0.717, 1.165) is 0 Å². The number of carboxylic acid groups (broad SMARTS) is 2. The van der Waals surface area contributed by atoms with E-state index in [0.29, 0.717) is 11.3 Å². The van der Waals surface area contributed by atoms with Crippen LogP contribution in [0.4, 0.5) is 0 Å². The Hall–Kier alpha value is -2.76. The van der Waals surface area contributed by atoms with E-state index in [1.54, 1.807) is 37.3 Å². The monoisotopic (exact) mass is 260 g/mol. The summed E-state index contributed by atoms with van der Waals surface area (Å²) in [5, 5.41) is 16.8. The third kappa shape index (κ3) is 4.95. The highest BCUT2D eigenvalue weighted by Crippen LogP contribution is 1.96. The van der Waals surface area contributed by atoms with Gasteiger partial charge in [-0.05, 0) is 19.1 Å². The van der Waals surface area contributed by atoms with Crippen molar-refractivity contribution in [2.75, 3.05) is 0 Å². The molecule has 0 aliphatic carbocycles. The van der Waals surface area contributed by atoms with Crippen molar-refractivity contribution in [2.24, 2.45) is 0 Å². The summed E-state index contributed by atoms with van der Waals surface area (Å²) in [4.78, 5) is 27.8. The fraction of sp³-hybridized carbons (Fsp3) is 0.0769. The second-order valence-corrected chi connectivity index (χ2v) is 3.52. The summed E-state index contributed by atoms with van der Waals surface area (Å²) in [5.74, 6) is -1.93. The molecule has 0 saturated heterocycles. The van der Waals surface area contributed by atoms with E-state index >= 15 is 0 Å². The van der Waals surface area contributed by atoms with E-state index in [-0.39, 0.29) is 5.69 Å². The van der Waals surface area contributed by atoms with Gasteiger partial charge in [0.1, 0.15) is 0 Å². The third-order valence-electron chi connectivity index (χ3n) is 2.02. The summed E-state index contributed by atoms with van der Waals surface area (Å²) in [6.07, 6.45) is 2.65. The molecule has 0 atom stereocenters. The van der Waals surface area contributed by atoms with E-state index in [4.69, 9.17) is 10.2 Å². The summed E-state index contributed by atoms with van der Waals surface area (Å²) >= 11 is 0. The van der Waals surface area contributed by atoms with Gasteiger partial charge in [-0.25, -0.2) is 14.6 Å². The zero-order chi connectivity index (χ0) is 14.3. The summed E-state index contributed by atoms with van der Waals surface area (Å²) in [5.41, 5.74) is 1.02. The first-order chi connectivity index (χ1) is 9.00. The van der Waals surface area contributed by atoms with Gasteiger partial charge in [0.05, 0.1) is 17.5 Å². The molecule has 0 bridgehead atoms. The van der Waals surface area contributed by atoms with E-state index < -0.39 is 11.9 Å². The van der Waals surface area contributed by atoms with Gasteiger partial charge in [0.15, 0.2) is 5.69 Å². The number of carboxylic acids is 2. The predicted molar refractivity (Wildman–Crippen MR) is 67.1 cm³/mol. The molecule has 0 spiro atoms. The van der Waals surface area contributed by atoms with Crippen LogP contribution in [0.5, 0.6) is 0 Å². The summed E-state index contributed by atoms with van der Waals surface area (Å²) in [6.45, 7) is 1.75. The van der Waals surface area contributed by atoms with Crippen LogP contribution in [0.2, 0.25) is 0 Å². The van der Waals surface area contributed by atoms with Crippen LogP contribution in [-0.2, 0) is 0 Å². The topological polar surface area (TPSA) is 100 Å². The van der Waals surface area contributed by atoms with Crippen molar-refractivity contribution in [1.29, 1.82) is 0 Å². The van der Waals surface area contributed by atoms with Crippen molar-refractivity contribution in [3.8, 4) is 0 Å². The fourth-order valence-electron chi connectivity index (χ4n) is 1.08. The van der Waals surface area contributed by atoms with E-state index in [1.807, 2.05) is 0 Å². The number of aromatic carboxylic acids is 2. The Morgan fingerprint density at radius 1 is 0.947 bits per heavy atom. The molecule has 2 N–H and O–H groups in total. The number of aromatic nitrogens is 2. The third-order valence-corrected chi connectivity index (χ3v) is 2.02. The van der Waals surface area contributed by atoms with Crippen molar-refractivity contribution >= 4 is 11.9 Å². The van der Waals surface area contributed by atoms with Crippen LogP contribution >= 0.6 is 0 Å². The van der Waals surface area contributed by atoms with E-state index in [9.17, 15) is 9.59 Å². The normalized spacial score (nSPS) is 9.11. The number of benzene rings is 1. The second-order valence-electron chi connectivity index (χ2n) is 3.52. The van der Waals surface area contributed by atoms with Crippen molar-refractivity contribution in [3.63, 3.8) is 0 Å². The van der Waals surface area contributed by atoms with Gasteiger partial charge < -0.3 is 10.2 Å². The molecule has 1 heterocycles. The molecule has 0 fully saturated rings. The largest absolute Gasteiger partial charge is 0.478 e. The quantitative estimate of drug-likeness (QED) is 0.854. The van der Waals surface area contributed by atoms with Crippen LogP contribution in [0.25, 0.3) is 0 Å². The minimum absolute atomic E-state index is 0.0226. The number of rotatable bonds is 2. The van der Waals surface area contributed by atoms with Crippen LogP contribution < -0.4 is 0 Å². The molecule has 0 aliphatic heterocycles. The van der Waals surface area contributed by atoms with Gasteiger partial charge in [-0.3, -0.25) is 4.98 Å². The number of hydrogen-bond acceptors (Lipinski definition) is 4. The summed E-state index contributed by atoms with van der Waals surface area (Å²) in [7, 11) is 0. The van der Waals surface area contributed by atoms with Gasteiger partial charge in [0, 0.05) is 6.20 Å². The van der Waals surface area contributed by atoms with Crippen molar-refractivity contribution in [1.82, 2.24) is 9.97 Å². The number of carbonyl (C=O) groups is 2. The second kappa shape index (κ2) is 6.85. The first-order valence-corrected chi connectivity index (χ1v) is 5.31. The van der Waals surface area contributed by atoms with Crippen LogP contribution in [0.1, 0.15) is 26.5 Å². The van der Waals surface area contributed by atoms with Crippen LogP contribution in [0.3, 0.4) is 0 Å². The van der Waals surface area contributed by atoms with Gasteiger partial charge in [0.2, 0.25) is 0 Å². The highest BCUT2D eigenvalue weighted by Gasteiger charge is 2.01. The Labute approximate surface area is 109 Å². The Morgan fingerprint density at radius 2 is 1.58 bits per heavy atom. The maximum absolute atomic E-state index is 10.2. The Kier molecular flexibility index (Phi) is 5.16. The number of hydrogen-bond donors (Lipinski definition) is 2. The maximum atomic E-state index is 10.2. The Bertz CT molecular complexity index is 553. The molecule has 0 aliphatic rings. The molecule has 1 aromatic carbocycles. The van der Waals surface area contributed by atoms with Gasteiger partial charge in [-0.15, -0.1) is 0 Å². The molecule has 2 aromatic rings. The first kappa shape index (κ1) is 14.3. The Morgan fingerprint density at radius 3 is 1.95 bits per heavy atom. The molecule has 0 radical (unpaired) electrons. The molecule has 98 valence electrons. The minimum Gasteiger partial charge on any atom is -0.478 e. The maximum Gasteiger partial charge on any atom is 0.356 e. The predicted octanol–water partition coefficient (Wildman–Crippen LogP) is 1.87. The average molecular weight is 260 g/mol. The smallest absolute Gasteiger partial charge is 0.356 e. The van der Waals surface area contributed by atoms with Crippen molar-refractivity contribution in [3.05, 3.63) is 59.7 Å². The first-order valence-electron chi connectivity index (χ1n) is 5.31. The van der Waals surface area contributed by atoms with Gasteiger partial charge in [-0.2, -0.15) is 0 Å². The Balaban J connectivity index is 0.000000191. The van der Waals surface area contributed by atoms with E-state index in [2.05, 4.69) is 9.97 Å². The zero-order valence-corrected chi connectivity index (χ0v) is 10.1. The molecular weight excluding hydrogens is 248 g/mol. The molecule has 0 saturated carbocycles. The SMILES string of the molecule is Cc1cnc(C(=O)O)cn1.O=C(O)c1ccccc1. The van der Waals surface area contributed by atoms with Gasteiger partial charge in [0.25, 0.3) is 0 Å². The molecule has 0 amide bonds. The number of aryl methyl sites for hydroxylation is 1. The fourth-order valence-corrected chi connectivity index (χ4v) is 1.08.